The molecular formula is C15H19FN2O3S. The molecule has 1 aliphatic heterocycles. The Labute approximate surface area is 130 Å². The van der Waals surface area contributed by atoms with Gasteiger partial charge in [-0.2, -0.15) is 9.57 Å². The molecule has 0 unspecified atom stereocenters. The van der Waals surface area contributed by atoms with Gasteiger partial charge in [0.05, 0.1) is 28.5 Å². The quantitative estimate of drug-likeness (QED) is 0.900. The number of aliphatic hydroxyl groups excluding tert-OH is 1. The molecule has 0 aromatic heterocycles. The molecule has 1 fully saturated rings. The van der Waals surface area contributed by atoms with Gasteiger partial charge in [0.25, 0.3) is 0 Å². The molecule has 1 aromatic rings. The number of hydrogen-bond donors (Lipinski definition) is 1. The lowest BCUT2D eigenvalue weighted by Crippen LogP contribution is -2.43. The molecule has 0 amide bonds. The first-order valence-corrected chi connectivity index (χ1v) is 8.40. The van der Waals surface area contributed by atoms with Crippen molar-refractivity contribution in [3.8, 4) is 6.07 Å². The molecule has 5 nitrogen and oxygen atoms in total. The van der Waals surface area contributed by atoms with Crippen LogP contribution in [-0.2, 0) is 10.0 Å². The van der Waals surface area contributed by atoms with E-state index in [1.165, 1.54) is 16.4 Å². The van der Waals surface area contributed by atoms with Crippen molar-refractivity contribution in [2.45, 2.75) is 44.1 Å². The van der Waals surface area contributed by atoms with Gasteiger partial charge in [0.15, 0.2) is 0 Å². The summed E-state index contributed by atoms with van der Waals surface area (Å²) in [4.78, 5) is 0. The van der Waals surface area contributed by atoms with Gasteiger partial charge < -0.3 is 5.11 Å². The smallest absolute Gasteiger partial charge is 0.219 e. The van der Waals surface area contributed by atoms with E-state index >= 15 is 0 Å². The highest BCUT2D eigenvalue weighted by molar-refractivity contribution is 7.90. The average molecular weight is 326 g/mol. The van der Waals surface area contributed by atoms with E-state index in [-0.39, 0.29) is 18.5 Å². The van der Waals surface area contributed by atoms with E-state index < -0.39 is 32.7 Å². The molecule has 2 atom stereocenters. The van der Waals surface area contributed by atoms with Gasteiger partial charge in [-0.3, -0.25) is 0 Å². The van der Waals surface area contributed by atoms with Gasteiger partial charge in [-0.05, 0) is 51.0 Å². The zero-order chi connectivity index (χ0) is 16.7. The molecule has 1 N–H and O–H groups in total. The Morgan fingerprint density at radius 3 is 2.55 bits per heavy atom. The van der Waals surface area contributed by atoms with Crippen molar-refractivity contribution in [2.75, 3.05) is 6.54 Å². The summed E-state index contributed by atoms with van der Waals surface area (Å²) in [6.07, 6.45) is -0.625. The van der Waals surface area contributed by atoms with Gasteiger partial charge in [-0.1, -0.05) is 0 Å². The van der Waals surface area contributed by atoms with Crippen LogP contribution in [0.3, 0.4) is 0 Å². The van der Waals surface area contributed by atoms with Crippen LogP contribution < -0.4 is 0 Å². The lowest BCUT2D eigenvalue weighted by atomic mass is 10.0. The normalized spacial score (nSPS) is 23.5. The van der Waals surface area contributed by atoms with E-state index in [2.05, 4.69) is 0 Å². The van der Waals surface area contributed by atoms with Gasteiger partial charge >= 0.3 is 0 Å². The molecule has 1 aliphatic rings. The number of halogens is 1. The SMILES string of the molecule is CC(C)(C)S(=O)(=O)N1C[C@H](O)C[C@@H]1c1cc(F)cc(C#N)c1. The highest BCUT2D eigenvalue weighted by Gasteiger charge is 2.45. The van der Waals surface area contributed by atoms with E-state index in [1.54, 1.807) is 20.8 Å². The molecule has 1 saturated heterocycles. The van der Waals surface area contributed by atoms with E-state index in [4.69, 9.17) is 5.26 Å². The molecule has 1 aromatic carbocycles. The van der Waals surface area contributed by atoms with E-state index in [0.29, 0.717) is 5.56 Å². The van der Waals surface area contributed by atoms with Crippen molar-refractivity contribution in [1.29, 1.82) is 5.26 Å². The number of nitriles is 1. The lowest BCUT2D eigenvalue weighted by Gasteiger charge is -2.31. The van der Waals surface area contributed by atoms with Crippen LogP contribution in [0.2, 0.25) is 0 Å². The summed E-state index contributed by atoms with van der Waals surface area (Å²) < 4.78 is 39.2. The summed E-state index contributed by atoms with van der Waals surface area (Å²) in [5, 5.41) is 18.8. The third kappa shape index (κ3) is 3.00. The van der Waals surface area contributed by atoms with Crippen molar-refractivity contribution in [1.82, 2.24) is 4.31 Å². The fourth-order valence-corrected chi connectivity index (χ4v) is 4.19. The monoisotopic (exact) mass is 326 g/mol. The maximum absolute atomic E-state index is 13.6. The fraction of sp³-hybridized carbons (Fsp3) is 0.533. The Bertz CT molecular complexity index is 719. The third-order valence-corrected chi connectivity index (χ3v) is 6.32. The highest BCUT2D eigenvalue weighted by atomic mass is 32.2. The summed E-state index contributed by atoms with van der Waals surface area (Å²) in [6.45, 7) is 4.71. The summed E-state index contributed by atoms with van der Waals surface area (Å²) >= 11 is 0. The number of nitrogens with zero attached hydrogens (tertiary/aromatic N) is 2. The maximum Gasteiger partial charge on any atom is 0.219 e. The fourth-order valence-electron chi connectivity index (χ4n) is 2.57. The molecule has 0 radical (unpaired) electrons. The van der Waals surface area contributed by atoms with E-state index in [1.807, 2.05) is 6.07 Å². The molecule has 120 valence electrons. The second-order valence-corrected chi connectivity index (χ2v) is 9.12. The zero-order valence-electron chi connectivity index (χ0n) is 12.7. The highest BCUT2D eigenvalue weighted by Crippen LogP contribution is 2.38. The van der Waals surface area contributed by atoms with E-state index in [0.717, 1.165) is 6.07 Å². The molecule has 2 rings (SSSR count). The Morgan fingerprint density at radius 1 is 1.36 bits per heavy atom. The third-order valence-electron chi connectivity index (χ3n) is 3.75. The van der Waals surface area contributed by atoms with Crippen LogP contribution in [0.5, 0.6) is 0 Å². The van der Waals surface area contributed by atoms with Crippen LogP contribution in [0.25, 0.3) is 0 Å². The molecule has 22 heavy (non-hydrogen) atoms. The Hall–Kier alpha value is -1.49. The lowest BCUT2D eigenvalue weighted by molar-refractivity contribution is 0.188. The Morgan fingerprint density at radius 2 is 2.00 bits per heavy atom. The second kappa shape index (κ2) is 5.61. The summed E-state index contributed by atoms with van der Waals surface area (Å²) in [7, 11) is -3.67. The van der Waals surface area contributed by atoms with Gasteiger partial charge in [-0.25, -0.2) is 12.8 Å². The minimum absolute atomic E-state index is 0.0251. The zero-order valence-corrected chi connectivity index (χ0v) is 13.6. The van der Waals surface area contributed by atoms with Gasteiger partial charge in [0.1, 0.15) is 5.82 Å². The topological polar surface area (TPSA) is 81.4 Å². The number of aliphatic hydroxyl groups is 1. The number of β-amino-alcohol motifs (C(OH)–C–C–N with tert-alkyl or cyclic N) is 1. The summed E-state index contributed by atoms with van der Waals surface area (Å²) in [5.41, 5.74) is 0.519. The first-order valence-electron chi connectivity index (χ1n) is 6.96. The molecule has 0 bridgehead atoms. The van der Waals surface area contributed by atoms with Crippen molar-refractivity contribution in [2.24, 2.45) is 0 Å². The van der Waals surface area contributed by atoms with Crippen molar-refractivity contribution in [3.63, 3.8) is 0 Å². The first-order chi connectivity index (χ1) is 10.1. The molecule has 0 aliphatic carbocycles. The van der Waals surface area contributed by atoms with E-state index in [9.17, 15) is 17.9 Å². The number of benzene rings is 1. The molecular weight excluding hydrogens is 307 g/mol. The summed E-state index contributed by atoms with van der Waals surface area (Å²) in [5.74, 6) is -0.594. The van der Waals surface area contributed by atoms with Crippen LogP contribution >= 0.6 is 0 Å². The largest absolute Gasteiger partial charge is 0.392 e. The molecule has 1 heterocycles. The van der Waals surface area contributed by atoms with Crippen LogP contribution in [0.4, 0.5) is 4.39 Å². The number of sulfonamides is 1. The minimum Gasteiger partial charge on any atom is -0.392 e. The number of hydrogen-bond acceptors (Lipinski definition) is 4. The predicted molar refractivity (Wildman–Crippen MR) is 79.9 cm³/mol. The van der Waals surface area contributed by atoms with Crippen LogP contribution in [0.15, 0.2) is 18.2 Å². The Kier molecular flexibility index (Phi) is 4.30. The van der Waals surface area contributed by atoms with Crippen LogP contribution in [-0.4, -0.2) is 35.2 Å². The standard InChI is InChI=1S/C15H19FN2O3S/c1-15(2,3)22(20,21)18-9-13(19)7-14(18)11-4-10(8-17)5-12(16)6-11/h4-6,13-14,19H,7,9H2,1-3H3/t13-,14-/m1/s1. The first kappa shape index (κ1) is 16.9. The van der Waals surface area contributed by atoms with Gasteiger partial charge in [0, 0.05) is 6.54 Å². The van der Waals surface area contributed by atoms with Gasteiger partial charge in [-0.15, -0.1) is 0 Å². The van der Waals surface area contributed by atoms with Crippen molar-refractivity contribution >= 4 is 10.0 Å². The average Bonchev–Trinajstić information content (AvgIpc) is 2.79. The minimum atomic E-state index is -3.67. The summed E-state index contributed by atoms with van der Waals surface area (Å²) in [6, 6.07) is 4.97. The maximum atomic E-state index is 13.6. The number of rotatable bonds is 2. The molecule has 7 heteroatoms. The van der Waals surface area contributed by atoms with Crippen LogP contribution in [0, 0.1) is 17.1 Å². The predicted octanol–water partition coefficient (Wildman–Crippen LogP) is 1.93. The molecule has 0 saturated carbocycles. The second-order valence-electron chi connectivity index (χ2n) is 6.48. The Balaban J connectivity index is 2.50. The molecule has 0 spiro atoms. The van der Waals surface area contributed by atoms with Gasteiger partial charge in [0.2, 0.25) is 10.0 Å². The van der Waals surface area contributed by atoms with Crippen molar-refractivity contribution in [3.05, 3.63) is 35.1 Å². The van der Waals surface area contributed by atoms with Crippen LogP contribution in [0.1, 0.15) is 44.4 Å². The van der Waals surface area contributed by atoms with Crippen molar-refractivity contribution < 1.29 is 17.9 Å².